The highest BCUT2D eigenvalue weighted by atomic mass is 19.1. The zero-order chi connectivity index (χ0) is 21.9. The first-order valence-electron chi connectivity index (χ1n) is 10.7. The Balaban J connectivity index is 1.52. The molecule has 1 aliphatic heterocycles. The van der Waals surface area contributed by atoms with Crippen LogP contribution in [0.15, 0.2) is 72.8 Å². The van der Waals surface area contributed by atoms with Gasteiger partial charge >= 0.3 is 0 Å². The van der Waals surface area contributed by atoms with Gasteiger partial charge in [-0.1, -0.05) is 48.5 Å². The lowest BCUT2D eigenvalue weighted by atomic mass is 9.96. The molecule has 3 aromatic carbocycles. The maximum absolute atomic E-state index is 13.4. The number of ether oxygens (including phenoxy) is 1. The summed E-state index contributed by atoms with van der Waals surface area (Å²) in [5.41, 5.74) is 4.76. The SMILES string of the molecule is COc1ccc([C@H](c2nnnn2Cc2ccc(F)cc2)N2CCc3ccccc3C2)cc1. The third-order valence-corrected chi connectivity index (χ3v) is 6.01. The van der Waals surface area contributed by atoms with Gasteiger partial charge in [0.2, 0.25) is 0 Å². The summed E-state index contributed by atoms with van der Waals surface area (Å²) in [7, 11) is 1.66. The molecule has 0 saturated heterocycles. The van der Waals surface area contributed by atoms with Crippen molar-refractivity contribution in [2.24, 2.45) is 0 Å². The maximum Gasteiger partial charge on any atom is 0.173 e. The highest BCUT2D eigenvalue weighted by molar-refractivity contribution is 5.34. The predicted octanol–water partition coefficient (Wildman–Crippen LogP) is 4.02. The molecule has 0 N–H and O–H groups in total. The first-order chi connectivity index (χ1) is 15.7. The van der Waals surface area contributed by atoms with Crippen LogP contribution in [0.5, 0.6) is 5.75 Å². The van der Waals surface area contributed by atoms with Crippen molar-refractivity contribution in [1.29, 1.82) is 0 Å². The molecule has 0 unspecified atom stereocenters. The number of aromatic nitrogens is 4. The van der Waals surface area contributed by atoms with E-state index in [0.29, 0.717) is 6.54 Å². The fourth-order valence-corrected chi connectivity index (χ4v) is 4.33. The Morgan fingerprint density at radius 2 is 1.72 bits per heavy atom. The highest BCUT2D eigenvalue weighted by Gasteiger charge is 2.30. The van der Waals surface area contributed by atoms with Gasteiger partial charge in [0, 0.05) is 13.1 Å². The van der Waals surface area contributed by atoms with Crippen LogP contribution in [-0.2, 0) is 19.5 Å². The summed E-state index contributed by atoms with van der Waals surface area (Å²) >= 11 is 0. The second-order valence-electron chi connectivity index (χ2n) is 7.99. The van der Waals surface area contributed by atoms with Gasteiger partial charge < -0.3 is 4.74 Å². The molecule has 2 heterocycles. The van der Waals surface area contributed by atoms with Crippen LogP contribution in [0.2, 0.25) is 0 Å². The Hall–Kier alpha value is -3.58. The second kappa shape index (κ2) is 8.88. The quantitative estimate of drug-likeness (QED) is 0.463. The van der Waals surface area contributed by atoms with Gasteiger partial charge in [-0.05, 0) is 63.4 Å². The molecule has 1 aromatic heterocycles. The van der Waals surface area contributed by atoms with Crippen LogP contribution >= 0.6 is 0 Å². The second-order valence-corrected chi connectivity index (χ2v) is 7.99. The monoisotopic (exact) mass is 429 g/mol. The zero-order valence-electron chi connectivity index (χ0n) is 17.9. The van der Waals surface area contributed by atoms with E-state index in [4.69, 9.17) is 4.74 Å². The first kappa shape index (κ1) is 20.3. The van der Waals surface area contributed by atoms with Gasteiger partial charge in [0.05, 0.1) is 19.7 Å². The molecule has 0 bridgehead atoms. The van der Waals surface area contributed by atoms with Crippen LogP contribution in [0, 0.1) is 5.82 Å². The van der Waals surface area contributed by atoms with Crippen molar-refractivity contribution in [2.45, 2.75) is 25.6 Å². The van der Waals surface area contributed by atoms with E-state index in [1.165, 1.54) is 23.3 Å². The molecule has 32 heavy (non-hydrogen) atoms. The topological polar surface area (TPSA) is 56.1 Å². The molecule has 7 heteroatoms. The summed E-state index contributed by atoms with van der Waals surface area (Å²) in [6.45, 7) is 2.19. The van der Waals surface area contributed by atoms with Crippen LogP contribution in [0.1, 0.15) is 34.1 Å². The van der Waals surface area contributed by atoms with Gasteiger partial charge in [-0.15, -0.1) is 5.10 Å². The van der Waals surface area contributed by atoms with Crippen LogP contribution in [0.4, 0.5) is 4.39 Å². The van der Waals surface area contributed by atoms with E-state index in [-0.39, 0.29) is 11.9 Å². The van der Waals surface area contributed by atoms with E-state index >= 15 is 0 Å². The fourth-order valence-electron chi connectivity index (χ4n) is 4.33. The summed E-state index contributed by atoms with van der Waals surface area (Å²) in [6.07, 6.45) is 0.975. The number of nitrogens with zero attached hydrogens (tertiary/aromatic N) is 5. The number of benzene rings is 3. The first-order valence-corrected chi connectivity index (χ1v) is 10.7. The van der Waals surface area contributed by atoms with E-state index < -0.39 is 0 Å². The lowest BCUT2D eigenvalue weighted by Crippen LogP contribution is -2.36. The normalized spacial score (nSPS) is 14.7. The van der Waals surface area contributed by atoms with Crippen molar-refractivity contribution < 1.29 is 9.13 Å². The predicted molar refractivity (Wildman–Crippen MR) is 119 cm³/mol. The van der Waals surface area contributed by atoms with Crippen LogP contribution in [0.25, 0.3) is 0 Å². The number of methoxy groups -OCH3 is 1. The highest BCUT2D eigenvalue weighted by Crippen LogP contribution is 2.33. The summed E-state index contributed by atoms with van der Waals surface area (Å²) in [6, 6.07) is 23.0. The number of fused-ring (bicyclic) bond motifs is 1. The van der Waals surface area contributed by atoms with Gasteiger partial charge in [0.25, 0.3) is 0 Å². The average Bonchev–Trinajstić information content (AvgIpc) is 3.28. The van der Waals surface area contributed by atoms with Gasteiger partial charge in [-0.2, -0.15) is 0 Å². The zero-order valence-corrected chi connectivity index (χ0v) is 17.9. The van der Waals surface area contributed by atoms with Crippen molar-refractivity contribution >= 4 is 0 Å². The summed E-state index contributed by atoms with van der Waals surface area (Å²) in [5.74, 6) is 1.31. The molecule has 162 valence electrons. The van der Waals surface area contributed by atoms with Crippen LogP contribution in [-0.4, -0.2) is 38.8 Å². The van der Waals surface area contributed by atoms with Crippen molar-refractivity contribution in [1.82, 2.24) is 25.1 Å². The largest absolute Gasteiger partial charge is 0.497 e. The minimum Gasteiger partial charge on any atom is -0.497 e. The number of tetrazole rings is 1. The third kappa shape index (κ3) is 4.11. The van der Waals surface area contributed by atoms with Gasteiger partial charge in [-0.25, -0.2) is 9.07 Å². The van der Waals surface area contributed by atoms with Crippen LogP contribution in [0.3, 0.4) is 0 Å². The molecule has 0 amide bonds. The number of hydrogen-bond acceptors (Lipinski definition) is 5. The fraction of sp³-hybridized carbons (Fsp3) is 0.240. The molecule has 1 aliphatic rings. The Labute approximate surface area is 186 Å². The van der Waals surface area contributed by atoms with Crippen molar-refractivity contribution in [3.05, 3.63) is 107 Å². The number of halogens is 1. The maximum atomic E-state index is 13.4. The van der Waals surface area contributed by atoms with Crippen LogP contribution < -0.4 is 4.74 Å². The standard InChI is InChI=1S/C25H24FN5O/c1-32-23-12-8-20(9-13-23)24(30-15-14-19-4-2-3-5-21(19)17-30)25-27-28-29-31(25)16-18-6-10-22(26)11-7-18/h2-13,24H,14-17H2,1H3/t24-/m1/s1. The molecule has 5 rings (SSSR count). The lowest BCUT2D eigenvalue weighted by molar-refractivity contribution is 0.195. The molecule has 0 fully saturated rings. The molecule has 0 aliphatic carbocycles. The van der Waals surface area contributed by atoms with Crippen molar-refractivity contribution in [2.75, 3.05) is 13.7 Å². The smallest absolute Gasteiger partial charge is 0.173 e. The van der Waals surface area contributed by atoms with E-state index in [1.54, 1.807) is 19.2 Å². The lowest BCUT2D eigenvalue weighted by Gasteiger charge is -2.35. The minimum atomic E-state index is -0.256. The summed E-state index contributed by atoms with van der Waals surface area (Å²) < 4.78 is 20.5. The number of rotatable bonds is 6. The van der Waals surface area contributed by atoms with Crippen molar-refractivity contribution in [3.8, 4) is 5.75 Å². The van der Waals surface area contributed by atoms with E-state index in [9.17, 15) is 4.39 Å². The third-order valence-electron chi connectivity index (χ3n) is 6.01. The molecule has 0 radical (unpaired) electrons. The Morgan fingerprint density at radius 1 is 0.969 bits per heavy atom. The molecule has 0 saturated carbocycles. The average molecular weight is 429 g/mol. The molecule has 4 aromatic rings. The molecule has 1 atom stereocenters. The molecule has 6 nitrogen and oxygen atoms in total. The van der Waals surface area contributed by atoms with E-state index in [0.717, 1.165) is 42.2 Å². The minimum absolute atomic E-state index is 0.121. The van der Waals surface area contributed by atoms with Gasteiger partial charge in [-0.3, -0.25) is 4.90 Å². The number of hydrogen-bond donors (Lipinski definition) is 0. The van der Waals surface area contributed by atoms with E-state index in [1.807, 2.05) is 16.8 Å². The molecule has 0 spiro atoms. The summed E-state index contributed by atoms with van der Waals surface area (Å²) in [4.78, 5) is 2.41. The Bertz CT molecular complexity index is 1190. The van der Waals surface area contributed by atoms with E-state index in [2.05, 4.69) is 56.8 Å². The Morgan fingerprint density at radius 3 is 2.47 bits per heavy atom. The van der Waals surface area contributed by atoms with Gasteiger partial charge in [0.1, 0.15) is 11.6 Å². The van der Waals surface area contributed by atoms with Gasteiger partial charge in [0.15, 0.2) is 5.82 Å². The Kier molecular flexibility index (Phi) is 5.64. The van der Waals surface area contributed by atoms with Crippen molar-refractivity contribution in [3.63, 3.8) is 0 Å². The molecular formula is C25H24FN5O. The molecular weight excluding hydrogens is 405 g/mol. The summed E-state index contributed by atoms with van der Waals surface area (Å²) in [5, 5.41) is 12.7.